The van der Waals surface area contributed by atoms with Crippen molar-refractivity contribution in [3.63, 3.8) is 0 Å². The number of benzene rings is 2. The van der Waals surface area contributed by atoms with Crippen LogP contribution in [0.1, 0.15) is 12.0 Å². The molecule has 2 heterocycles. The number of nitrogens with one attached hydrogen (secondary N) is 1. The molecule has 0 radical (unpaired) electrons. The molecule has 2 aliphatic heterocycles. The second-order valence-electron chi connectivity index (χ2n) is 7.27. The Morgan fingerprint density at radius 3 is 2.54 bits per heavy atom. The molecule has 0 spiro atoms. The second-order valence-corrected chi connectivity index (χ2v) is 7.27. The maximum Gasteiger partial charge on any atom is 0.250 e. The predicted octanol–water partition coefficient (Wildman–Crippen LogP) is 2.79. The molecule has 0 atom stereocenters. The number of carbonyl (C=O) groups is 1. The summed E-state index contributed by atoms with van der Waals surface area (Å²) < 4.78 is 5.66. The first kappa shape index (κ1) is 18.6. The Kier molecular flexibility index (Phi) is 5.92. The molecule has 5 heteroatoms. The van der Waals surface area contributed by atoms with Crippen LogP contribution in [0.15, 0.2) is 60.2 Å². The monoisotopic (exact) mass is 377 g/mol. The number of piperazine rings is 1. The molecule has 1 amide bonds. The van der Waals surface area contributed by atoms with Gasteiger partial charge in [0.2, 0.25) is 0 Å². The Balaban J connectivity index is 1.17. The minimum absolute atomic E-state index is 0.0246. The van der Waals surface area contributed by atoms with Crippen LogP contribution in [0.2, 0.25) is 0 Å². The van der Waals surface area contributed by atoms with Crippen molar-refractivity contribution in [2.75, 3.05) is 50.8 Å². The number of hydrogen-bond acceptors (Lipinski definition) is 4. The fraction of sp³-hybridized carbons (Fsp3) is 0.348. The molecule has 0 saturated carbocycles. The van der Waals surface area contributed by atoms with Gasteiger partial charge in [0.1, 0.15) is 12.4 Å². The number of rotatable bonds is 6. The van der Waals surface area contributed by atoms with Crippen molar-refractivity contribution in [2.24, 2.45) is 0 Å². The van der Waals surface area contributed by atoms with E-state index < -0.39 is 0 Å². The Morgan fingerprint density at radius 1 is 0.964 bits per heavy atom. The zero-order chi connectivity index (χ0) is 19.2. The Morgan fingerprint density at radius 2 is 1.71 bits per heavy atom. The number of amides is 1. The molecule has 2 aromatic rings. The van der Waals surface area contributed by atoms with Crippen molar-refractivity contribution in [3.8, 4) is 5.75 Å². The zero-order valence-corrected chi connectivity index (χ0v) is 16.1. The van der Waals surface area contributed by atoms with Crippen molar-refractivity contribution in [1.29, 1.82) is 0 Å². The number of para-hydroxylation sites is 2. The van der Waals surface area contributed by atoms with Crippen LogP contribution in [0.5, 0.6) is 5.75 Å². The number of fused-ring (bicyclic) bond motifs is 1. The smallest absolute Gasteiger partial charge is 0.250 e. The van der Waals surface area contributed by atoms with E-state index in [1.54, 1.807) is 0 Å². The van der Waals surface area contributed by atoms with E-state index in [4.69, 9.17) is 4.74 Å². The molecule has 5 nitrogen and oxygen atoms in total. The lowest BCUT2D eigenvalue weighted by Crippen LogP contribution is -2.47. The van der Waals surface area contributed by atoms with Crippen LogP contribution in [0.4, 0.5) is 5.69 Å². The van der Waals surface area contributed by atoms with Gasteiger partial charge in [0.25, 0.3) is 5.91 Å². The summed E-state index contributed by atoms with van der Waals surface area (Å²) in [5.74, 6) is 0.817. The van der Waals surface area contributed by atoms with Gasteiger partial charge in [-0.1, -0.05) is 36.4 Å². The van der Waals surface area contributed by atoms with Crippen LogP contribution in [0.3, 0.4) is 0 Å². The first-order chi connectivity index (χ1) is 13.8. The second kappa shape index (κ2) is 8.93. The van der Waals surface area contributed by atoms with Gasteiger partial charge >= 0.3 is 0 Å². The van der Waals surface area contributed by atoms with Crippen LogP contribution in [0, 0.1) is 0 Å². The van der Waals surface area contributed by atoms with E-state index in [1.807, 2.05) is 30.3 Å². The normalized spacial score (nSPS) is 16.7. The molecular weight excluding hydrogens is 350 g/mol. The third kappa shape index (κ3) is 4.54. The summed E-state index contributed by atoms with van der Waals surface area (Å²) in [6, 6.07) is 18.4. The summed E-state index contributed by atoms with van der Waals surface area (Å²) in [4.78, 5) is 17.3. The molecule has 0 aliphatic carbocycles. The van der Waals surface area contributed by atoms with Gasteiger partial charge in [0.15, 0.2) is 0 Å². The topological polar surface area (TPSA) is 44.8 Å². The number of hydrogen-bond donors (Lipinski definition) is 1. The lowest BCUT2D eigenvalue weighted by Gasteiger charge is -2.36. The third-order valence-electron chi connectivity index (χ3n) is 5.35. The number of carbonyl (C=O) groups excluding carboxylic acids is 1. The summed E-state index contributed by atoms with van der Waals surface area (Å²) in [5.41, 5.74) is 2.96. The highest BCUT2D eigenvalue weighted by Gasteiger charge is 2.18. The third-order valence-corrected chi connectivity index (χ3v) is 5.35. The molecule has 1 saturated heterocycles. The van der Waals surface area contributed by atoms with Gasteiger partial charge in [0.05, 0.1) is 5.57 Å². The van der Waals surface area contributed by atoms with Crippen molar-refractivity contribution in [3.05, 3.63) is 65.7 Å². The quantitative estimate of drug-likeness (QED) is 0.787. The molecule has 2 aliphatic rings. The van der Waals surface area contributed by atoms with Crippen LogP contribution >= 0.6 is 0 Å². The van der Waals surface area contributed by atoms with Gasteiger partial charge in [-0.3, -0.25) is 9.69 Å². The van der Waals surface area contributed by atoms with E-state index in [-0.39, 0.29) is 5.91 Å². The van der Waals surface area contributed by atoms with Crippen LogP contribution in [-0.4, -0.2) is 56.7 Å². The summed E-state index contributed by atoms with van der Waals surface area (Å²) >= 11 is 0. The van der Waals surface area contributed by atoms with Gasteiger partial charge in [0, 0.05) is 44.0 Å². The lowest BCUT2D eigenvalue weighted by atomic mass is 10.1. The first-order valence-corrected chi connectivity index (χ1v) is 10.0. The number of nitrogens with zero attached hydrogens (tertiary/aromatic N) is 2. The highest BCUT2D eigenvalue weighted by atomic mass is 16.5. The van der Waals surface area contributed by atoms with Crippen molar-refractivity contribution >= 4 is 17.7 Å². The molecule has 0 unspecified atom stereocenters. The van der Waals surface area contributed by atoms with Gasteiger partial charge in [-0.2, -0.15) is 0 Å². The van der Waals surface area contributed by atoms with E-state index in [0.717, 1.165) is 50.5 Å². The van der Waals surface area contributed by atoms with E-state index in [0.29, 0.717) is 18.7 Å². The molecule has 0 aromatic heterocycles. The fourth-order valence-electron chi connectivity index (χ4n) is 3.73. The van der Waals surface area contributed by atoms with Crippen LogP contribution in [-0.2, 0) is 4.79 Å². The summed E-state index contributed by atoms with van der Waals surface area (Å²) in [6.07, 6.45) is 2.89. The average Bonchev–Trinajstić information content (AvgIpc) is 2.77. The molecule has 28 heavy (non-hydrogen) atoms. The average molecular weight is 377 g/mol. The Hall–Kier alpha value is -2.79. The molecule has 0 bridgehead atoms. The molecule has 1 N–H and O–H groups in total. The molecule has 146 valence electrons. The molecular formula is C23H27N3O2. The highest BCUT2D eigenvalue weighted by Crippen LogP contribution is 2.25. The molecule has 2 aromatic carbocycles. The van der Waals surface area contributed by atoms with Crippen molar-refractivity contribution in [1.82, 2.24) is 10.2 Å². The number of anilines is 1. The van der Waals surface area contributed by atoms with E-state index in [2.05, 4.69) is 45.4 Å². The fourth-order valence-corrected chi connectivity index (χ4v) is 3.73. The minimum atomic E-state index is -0.0246. The maximum absolute atomic E-state index is 12.4. The van der Waals surface area contributed by atoms with Crippen LogP contribution in [0.25, 0.3) is 6.08 Å². The van der Waals surface area contributed by atoms with Gasteiger partial charge in [-0.05, 0) is 37.2 Å². The van der Waals surface area contributed by atoms with Crippen LogP contribution < -0.4 is 15.0 Å². The SMILES string of the molecule is O=C(NCCCN1CCN(c2ccccc2)CC1)C1=Cc2ccccc2OC1. The number of ether oxygens (including phenoxy) is 1. The van der Waals surface area contributed by atoms with Crippen molar-refractivity contribution in [2.45, 2.75) is 6.42 Å². The lowest BCUT2D eigenvalue weighted by molar-refractivity contribution is -0.117. The summed E-state index contributed by atoms with van der Waals surface area (Å²) in [6.45, 7) is 6.29. The molecule has 4 rings (SSSR count). The zero-order valence-electron chi connectivity index (χ0n) is 16.1. The van der Waals surface area contributed by atoms with Crippen molar-refractivity contribution < 1.29 is 9.53 Å². The maximum atomic E-state index is 12.4. The predicted molar refractivity (Wildman–Crippen MR) is 113 cm³/mol. The van der Waals surface area contributed by atoms with E-state index in [9.17, 15) is 4.79 Å². The van der Waals surface area contributed by atoms with Gasteiger partial charge in [-0.25, -0.2) is 0 Å². The highest BCUT2D eigenvalue weighted by molar-refractivity contribution is 5.99. The Labute approximate surface area is 166 Å². The van der Waals surface area contributed by atoms with E-state index >= 15 is 0 Å². The Bertz CT molecular complexity index is 827. The minimum Gasteiger partial charge on any atom is -0.488 e. The largest absolute Gasteiger partial charge is 0.488 e. The first-order valence-electron chi connectivity index (χ1n) is 10.0. The van der Waals surface area contributed by atoms with Gasteiger partial charge in [-0.15, -0.1) is 0 Å². The summed E-state index contributed by atoms with van der Waals surface area (Å²) in [7, 11) is 0. The summed E-state index contributed by atoms with van der Waals surface area (Å²) in [5, 5.41) is 3.03. The standard InChI is InChI=1S/C23H27N3O2/c27-23(20-17-19-7-4-5-10-22(19)28-18-20)24-11-6-12-25-13-15-26(16-14-25)21-8-2-1-3-9-21/h1-5,7-10,17H,6,11-16,18H2,(H,24,27). The molecule has 1 fully saturated rings. The van der Waals surface area contributed by atoms with E-state index in [1.165, 1.54) is 5.69 Å². The van der Waals surface area contributed by atoms with Gasteiger partial charge < -0.3 is 15.0 Å².